The SMILES string of the molecule is CCc1ccccc1OC(C)C(=O)N1CCC(Cc2ccccc2)CC1. The Bertz CT molecular complexity index is 705. The summed E-state index contributed by atoms with van der Waals surface area (Å²) in [5.74, 6) is 1.60. The van der Waals surface area contributed by atoms with Crippen molar-refractivity contribution < 1.29 is 9.53 Å². The van der Waals surface area contributed by atoms with Crippen LogP contribution in [0, 0.1) is 5.92 Å². The van der Waals surface area contributed by atoms with Crippen molar-refractivity contribution in [3.63, 3.8) is 0 Å². The maximum Gasteiger partial charge on any atom is 0.263 e. The van der Waals surface area contributed by atoms with E-state index in [1.54, 1.807) is 0 Å². The molecule has 1 unspecified atom stereocenters. The van der Waals surface area contributed by atoms with Crippen LogP contribution in [0.25, 0.3) is 0 Å². The van der Waals surface area contributed by atoms with Crippen LogP contribution < -0.4 is 4.74 Å². The highest BCUT2D eigenvalue weighted by atomic mass is 16.5. The third-order valence-corrected chi connectivity index (χ3v) is 5.30. The molecule has 2 aromatic rings. The number of benzene rings is 2. The highest BCUT2D eigenvalue weighted by molar-refractivity contribution is 5.81. The van der Waals surface area contributed by atoms with Crippen molar-refractivity contribution in [1.82, 2.24) is 4.90 Å². The van der Waals surface area contributed by atoms with Crippen molar-refractivity contribution in [1.29, 1.82) is 0 Å². The van der Waals surface area contributed by atoms with E-state index < -0.39 is 6.10 Å². The number of para-hydroxylation sites is 1. The van der Waals surface area contributed by atoms with Gasteiger partial charge in [0.05, 0.1) is 0 Å². The first-order chi connectivity index (χ1) is 12.7. The number of hydrogen-bond donors (Lipinski definition) is 0. The molecule has 1 amide bonds. The quantitative estimate of drug-likeness (QED) is 0.767. The van der Waals surface area contributed by atoms with E-state index >= 15 is 0 Å². The number of hydrogen-bond acceptors (Lipinski definition) is 2. The summed E-state index contributed by atoms with van der Waals surface area (Å²) in [5.41, 5.74) is 2.54. The number of nitrogens with zero attached hydrogens (tertiary/aromatic N) is 1. The van der Waals surface area contributed by atoms with Gasteiger partial charge in [0.15, 0.2) is 6.10 Å². The molecule has 1 saturated heterocycles. The topological polar surface area (TPSA) is 29.5 Å². The van der Waals surface area contributed by atoms with Crippen molar-refractivity contribution in [2.24, 2.45) is 5.92 Å². The smallest absolute Gasteiger partial charge is 0.263 e. The Morgan fingerprint density at radius 1 is 1.08 bits per heavy atom. The molecule has 1 fully saturated rings. The van der Waals surface area contributed by atoms with Gasteiger partial charge in [0.25, 0.3) is 5.91 Å². The van der Waals surface area contributed by atoms with E-state index in [9.17, 15) is 4.79 Å². The Hall–Kier alpha value is -2.29. The molecule has 1 aliphatic heterocycles. The second-order valence-corrected chi connectivity index (χ2v) is 7.18. The first-order valence-corrected chi connectivity index (χ1v) is 9.74. The number of piperidine rings is 1. The molecule has 3 heteroatoms. The minimum atomic E-state index is -0.437. The van der Waals surface area contributed by atoms with E-state index in [-0.39, 0.29) is 5.91 Å². The largest absolute Gasteiger partial charge is 0.481 e. The maximum absolute atomic E-state index is 12.8. The lowest BCUT2D eigenvalue weighted by Gasteiger charge is -2.33. The molecule has 0 N–H and O–H groups in total. The number of ether oxygens (including phenoxy) is 1. The van der Waals surface area contributed by atoms with Crippen molar-refractivity contribution in [3.05, 3.63) is 65.7 Å². The molecule has 0 aromatic heterocycles. The summed E-state index contributed by atoms with van der Waals surface area (Å²) >= 11 is 0. The van der Waals surface area contributed by atoms with Crippen LogP contribution in [0.1, 0.15) is 37.8 Å². The molecule has 3 nitrogen and oxygen atoms in total. The van der Waals surface area contributed by atoms with Gasteiger partial charge in [0.1, 0.15) is 5.75 Å². The van der Waals surface area contributed by atoms with Crippen molar-refractivity contribution in [2.45, 2.75) is 45.6 Å². The third-order valence-electron chi connectivity index (χ3n) is 5.30. The van der Waals surface area contributed by atoms with E-state index in [4.69, 9.17) is 4.74 Å². The molecule has 0 spiro atoms. The second-order valence-electron chi connectivity index (χ2n) is 7.18. The van der Waals surface area contributed by atoms with Crippen LogP contribution in [0.2, 0.25) is 0 Å². The van der Waals surface area contributed by atoms with Gasteiger partial charge in [0.2, 0.25) is 0 Å². The molecule has 0 radical (unpaired) electrons. The summed E-state index contributed by atoms with van der Waals surface area (Å²) in [6, 6.07) is 18.6. The molecule has 3 rings (SSSR count). The lowest BCUT2D eigenvalue weighted by atomic mass is 9.90. The molecular weight excluding hydrogens is 322 g/mol. The zero-order valence-corrected chi connectivity index (χ0v) is 15.9. The fraction of sp³-hybridized carbons (Fsp3) is 0.435. The minimum Gasteiger partial charge on any atom is -0.481 e. The van der Waals surface area contributed by atoms with Crippen LogP contribution in [-0.2, 0) is 17.6 Å². The summed E-state index contributed by atoms with van der Waals surface area (Å²) in [4.78, 5) is 14.7. The van der Waals surface area contributed by atoms with Crippen LogP contribution in [0.15, 0.2) is 54.6 Å². The zero-order chi connectivity index (χ0) is 18.4. The number of rotatable bonds is 6. The number of amides is 1. The van der Waals surface area contributed by atoms with E-state index in [0.29, 0.717) is 5.92 Å². The third kappa shape index (κ3) is 4.66. The Labute approximate surface area is 157 Å². The fourth-order valence-corrected chi connectivity index (χ4v) is 3.71. The Balaban J connectivity index is 1.51. The summed E-state index contributed by atoms with van der Waals surface area (Å²) in [5, 5.41) is 0. The van der Waals surface area contributed by atoms with Crippen molar-refractivity contribution >= 4 is 5.91 Å². The van der Waals surface area contributed by atoms with Gasteiger partial charge in [-0.05, 0) is 55.7 Å². The van der Waals surface area contributed by atoms with E-state index in [2.05, 4.69) is 43.3 Å². The Kier molecular flexibility index (Phi) is 6.32. The number of carbonyl (C=O) groups excluding carboxylic acids is 1. The molecule has 0 aliphatic carbocycles. The minimum absolute atomic E-state index is 0.106. The van der Waals surface area contributed by atoms with Gasteiger partial charge in [-0.25, -0.2) is 0 Å². The maximum atomic E-state index is 12.8. The normalized spacial score (nSPS) is 16.3. The number of likely N-dealkylation sites (tertiary alicyclic amines) is 1. The average molecular weight is 351 g/mol. The second kappa shape index (κ2) is 8.88. The zero-order valence-electron chi connectivity index (χ0n) is 15.9. The highest BCUT2D eigenvalue weighted by Gasteiger charge is 2.27. The molecular formula is C23H29NO2. The summed E-state index contributed by atoms with van der Waals surface area (Å²) in [7, 11) is 0. The molecule has 26 heavy (non-hydrogen) atoms. The lowest BCUT2D eigenvalue weighted by Crippen LogP contribution is -2.45. The van der Waals surface area contributed by atoms with Crippen LogP contribution in [0.4, 0.5) is 0 Å². The van der Waals surface area contributed by atoms with Crippen LogP contribution in [0.5, 0.6) is 5.75 Å². The lowest BCUT2D eigenvalue weighted by molar-refractivity contribution is -0.139. The van der Waals surface area contributed by atoms with Gasteiger partial charge in [-0.1, -0.05) is 55.5 Å². The van der Waals surface area contributed by atoms with Crippen molar-refractivity contribution in [3.8, 4) is 5.75 Å². The number of carbonyl (C=O) groups is 1. The molecule has 1 heterocycles. The van der Waals surface area contributed by atoms with Gasteiger partial charge < -0.3 is 9.64 Å². The highest BCUT2D eigenvalue weighted by Crippen LogP contribution is 2.24. The monoisotopic (exact) mass is 351 g/mol. The standard InChI is InChI=1S/C23H29NO2/c1-3-21-11-7-8-12-22(21)26-18(2)23(25)24-15-13-20(14-16-24)17-19-9-5-4-6-10-19/h4-12,18,20H,3,13-17H2,1-2H3. The molecule has 0 bridgehead atoms. The molecule has 0 saturated carbocycles. The van der Waals surface area contributed by atoms with Gasteiger partial charge in [0, 0.05) is 13.1 Å². The van der Waals surface area contributed by atoms with E-state index in [0.717, 1.165) is 50.1 Å². The van der Waals surface area contributed by atoms with E-state index in [1.807, 2.05) is 30.0 Å². The molecule has 1 atom stereocenters. The fourth-order valence-electron chi connectivity index (χ4n) is 3.71. The van der Waals surface area contributed by atoms with Gasteiger partial charge in [-0.2, -0.15) is 0 Å². The van der Waals surface area contributed by atoms with Gasteiger partial charge in [-0.15, -0.1) is 0 Å². The molecule has 2 aromatic carbocycles. The van der Waals surface area contributed by atoms with Crippen LogP contribution in [-0.4, -0.2) is 30.0 Å². The first-order valence-electron chi connectivity index (χ1n) is 9.74. The van der Waals surface area contributed by atoms with E-state index in [1.165, 1.54) is 5.56 Å². The summed E-state index contributed by atoms with van der Waals surface area (Å²) < 4.78 is 5.98. The predicted molar refractivity (Wildman–Crippen MR) is 105 cm³/mol. The molecule has 1 aliphatic rings. The van der Waals surface area contributed by atoms with Gasteiger partial charge in [-0.3, -0.25) is 4.79 Å². The predicted octanol–water partition coefficient (Wildman–Crippen LogP) is 4.50. The van der Waals surface area contributed by atoms with Crippen LogP contribution >= 0.6 is 0 Å². The Morgan fingerprint density at radius 2 is 1.73 bits per heavy atom. The van der Waals surface area contributed by atoms with Crippen LogP contribution in [0.3, 0.4) is 0 Å². The first kappa shape index (κ1) is 18.5. The summed E-state index contributed by atoms with van der Waals surface area (Å²) in [6.07, 6.45) is 3.71. The molecule has 138 valence electrons. The van der Waals surface area contributed by atoms with Crippen molar-refractivity contribution in [2.75, 3.05) is 13.1 Å². The Morgan fingerprint density at radius 3 is 2.42 bits per heavy atom. The van der Waals surface area contributed by atoms with Gasteiger partial charge >= 0.3 is 0 Å². The average Bonchev–Trinajstić information content (AvgIpc) is 2.69. The summed E-state index contributed by atoms with van der Waals surface area (Å²) in [6.45, 7) is 5.63. The number of aryl methyl sites for hydroxylation is 1.